The summed E-state index contributed by atoms with van der Waals surface area (Å²) in [6.07, 6.45) is 3.46. The number of aryl methyl sites for hydroxylation is 2. The molecule has 3 nitrogen and oxygen atoms in total. The molecule has 20 heavy (non-hydrogen) atoms. The molecule has 0 saturated carbocycles. The molecule has 0 fully saturated rings. The van der Waals surface area contributed by atoms with Gasteiger partial charge < -0.3 is 5.32 Å². The van der Waals surface area contributed by atoms with Crippen molar-refractivity contribution < 1.29 is 4.79 Å². The number of halogens is 1. The van der Waals surface area contributed by atoms with Crippen LogP contribution in [0.3, 0.4) is 0 Å². The van der Waals surface area contributed by atoms with Gasteiger partial charge >= 0.3 is 0 Å². The van der Waals surface area contributed by atoms with Crippen molar-refractivity contribution in [1.29, 1.82) is 0 Å². The number of rotatable bonds is 4. The molecule has 0 aliphatic rings. The number of carbonyl (C=O) groups excluding carboxylic acids is 1. The van der Waals surface area contributed by atoms with Gasteiger partial charge in [-0.25, -0.2) is 0 Å². The molecular formula is C16H17ClN2O. The second kappa shape index (κ2) is 6.53. The maximum Gasteiger partial charge on any atom is 0.258 e. The van der Waals surface area contributed by atoms with E-state index in [9.17, 15) is 4.79 Å². The van der Waals surface area contributed by atoms with E-state index in [2.05, 4.69) is 17.2 Å². The number of pyridine rings is 1. The van der Waals surface area contributed by atoms with Crippen LogP contribution in [0, 0.1) is 6.92 Å². The van der Waals surface area contributed by atoms with Crippen LogP contribution in [0.25, 0.3) is 0 Å². The quantitative estimate of drug-likeness (QED) is 0.914. The fourth-order valence-corrected chi connectivity index (χ4v) is 2.31. The number of nitrogens with zero attached hydrogens (tertiary/aromatic N) is 1. The van der Waals surface area contributed by atoms with Crippen molar-refractivity contribution in [2.75, 3.05) is 5.32 Å². The molecule has 4 heteroatoms. The highest BCUT2D eigenvalue weighted by molar-refractivity contribution is 6.34. The van der Waals surface area contributed by atoms with E-state index in [1.807, 2.05) is 31.2 Å². The largest absolute Gasteiger partial charge is 0.322 e. The second-order valence-electron chi connectivity index (χ2n) is 4.67. The molecule has 1 amide bonds. The molecule has 1 aromatic heterocycles. The molecule has 0 saturated heterocycles. The Balaban J connectivity index is 2.23. The van der Waals surface area contributed by atoms with E-state index in [0.29, 0.717) is 10.6 Å². The number of nitrogens with one attached hydrogen (secondary N) is 1. The lowest BCUT2D eigenvalue weighted by molar-refractivity contribution is 0.102. The molecule has 2 rings (SSSR count). The zero-order chi connectivity index (χ0) is 14.5. The third-order valence-corrected chi connectivity index (χ3v) is 3.33. The third kappa shape index (κ3) is 3.36. The highest BCUT2D eigenvalue weighted by Gasteiger charge is 2.12. The van der Waals surface area contributed by atoms with E-state index < -0.39 is 0 Å². The zero-order valence-corrected chi connectivity index (χ0v) is 12.4. The van der Waals surface area contributed by atoms with E-state index in [4.69, 9.17) is 11.6 Å². The Morgan fingerprint density at radius 3 is 2.80 bits per heavy atom. The number of amides is 1. The van der Waals surface area contributed by atoms with Crippen molar-refractivity contribution >= 4 is 23.2 Å². The Hall–Kier alpha value is -1.87. The monoisotopic (exact) mass is 288 g/mol. The molecule has 104 valence electrons. The Morgan fingerprint density at radius 1 is 1.35 bits per heavy atom. The van der Waals surface area contributed by atoms with Gasteiger partial charge in [-0.1, -0.05) is 43.1 Å². The maximum absolute atomic E-state index is 12.3. The number of aromatic nitrogens is 1. The Labute approximate surface area is 124 Å². The average molecular weight is 289 g/mol. The first-order valence-electron chi connectivity index (χ1n) is 6.63. The molecule has 0 spiro atoms. The van der Waals surface area contributed by atoms with Gasteiger partial charge in [0.2, 0.25) is 0 Å². The summed E-state index contributed by atoms with van der Waals surface area (Å²) >= 11 is 6.09. The lowest BCUT2D eigenvalue weighted by atomic mass is 10.1. The molecule has 0 aliphatic heterocycles. The zero-order valence-electron chi connectivity index (χ0n) is 11.6. The summed E-state index contributed by atoms with van der Waals surface area (Å²) in [5.74, 6) is -0.231. The van der Waals surface area contributed by atoms with Gasteiger partial charge in [0.05, 0.1) is 10.6 Å². The minimum atomic E-state index is -0.231. The van der Waals surface area contributed by atoms with Gasteiger partial charge in [-0.3, -0.25) is 9.78 Å². The molecular weight excluding hydrogens is 272 g/mol. The van der Waals surface area contributed by atoms with E-state index in [1.165, 1.54) is 6.20 Å². The van der Waals surface area contributed by atoms with Crippen LogP contribution >= 0.6 is 11.6 Å². The van der Waals surface area contributed by atoms with Gasteiger partial charge in [-0.2, -0.15) is 0 Å². The van der Waals surface area contributed by atoms with Gasteiger partial charge in [0, 0.05) is 17.6 Å². The summed E-state index contributed by atoms with van der Waals surface area (Å²) in [5, 5.41) is 3.33. The van der Waals surface area contributed by atoms with Crippen LogP contribution < -0.4 is 5.32 Å². The molecule has 1 aromatic carbocycles. The topological polar surface area (TPSA) is 42.0 Å². The highest BCUT2D eigenvalue weighted by Crippen LogP contribution is 2.20. The number of carbonyl (C=O) groups is 1. The molecule has 1 heterocycles. The smallest absolute Gasteiger partial charge is 0.258 e. The first kappa shape index (κ1) is 14.5. The summed E-state index contributed by atoms with van der Waals surface area (Å²) < 4.78 is 0. The van der Waals surface area contributed by atoms with Crippen LogP contribution in [-0.4, -0.2) is 10.9 Å². The third-order valence-electron chi connectivity index (χ3n) is 3.02. The minimum Gasteiger partial charge on any atom is -0.322 e. The van der Waals surface area contributed by atoms with E-state index in [-0.39, 0.29) is 5.91 Å². The van der Waals surface area contributed by atoms with Crippen LogP contribution in [0.2, 0.25) is 5.02 Å². The number of anilines is 1. The standard InChI is InChI=1S/C16H17ClN2O/c1-3-6-12-7-4-5-8-15(12)19-16(20)13-10-18-11(2)9-14(13)17/h4-5,7-10H,3,6H2,1-2H3,(H,19,20). The highest BCUT2D eigenvalue weighted by atomic mass is 35.5. The van der Waals surface area contributed by atoms with Crippen molar-refractivity contribution in [3.63, 3.8) is 0 Å². The van der Waals surface area contributed by atoms with E-state index in [1.54, 1.807) is 6.07 Å². The van der Waals surface area contributed by atoms with E-state index in [0.717, 1.165) is 29.8 Å². The molecule has 2 aromatic rings. The normalized spacial score (nSPS) is 10.3. The summed E-state index contributed by atoms with van der Waals surface area (Å²) in [7, 11) is 0. The predicted octanol–water partition coefficient (Wildman–Crippen LogP) is 4.25. The SMILES string of the molecule is CCCc1ccccc1NC(=O)c1cnc(C)cc1Cl. The van der Waals surface area contributed by atoms with Gasteiger partial charge in [0.15, 0.2) is 0 Å². The summed E-state index contributed by atoms with van der Waals surface area (Å²) in [5.41, 5.74) is 3.14. The number of benzene rings is 1. The van der Waals surface area contributed by atoms with Gasteiger partial charge in [-0.05, 0) is 31.0 Å². The van der Waals surface area contributed by atoms with Gasteiger partial charge in [-0.15, -0.1) is 0 Å². The van der Waals surface area contributed by atoms with Crippen molar-refractivity contribution in [2.24, 2.45) is 0 Å². The Morgan fingerprint density at radius 2 is 2.10 bits per heavy atom. The van der Waals surface area contributed by atoms with Crippen molar-refractivity contribution in [1.82, 2.24) is 4.98 Å². The van der Waals surface area contributed by atoms with Crippen molar-refractivity contribution in [2.45, 2.75) is 26.7 Å². The van der Waals surface area contributed by atoms with Crippen LogP contribution in [0.4, 0.5) is 5.69 Å². The average Bonchev–Trinajstić information content (AvgIpc) is 2.41. The fraction of sp³-hybridized carbons (Fsp3) is 0.250. The van der Waals surface area contributed by atoms with Crippen LogP contribution in [0.5, 0.6) is 0 Å². The number of para-hydroxylation sites is 1. The lowest BCUT2D eigenvalue weighted by Gasteiger charge is -2.11. The Bertz CT molecular complexity index is 626. The van der Waals surface area contributed by atoms with Gasteiger partial charge in [0.1, 0.15) is 0 Å². The van der Waals surface area contributed by atoms with Crippen LogP contribution in [-0.2, 0) is 6.42 Å². The lowest BCUT2D eigenvalue weighted by Crippen LogP contribution is -2.14. The summed E-state index contributed by atoms with van der Waals surface area (Å²) in [6, 6.07) is 9.49. The van der Waals surface area contributed by atoms with Crippen LogP contribution in [0.15, 0.2) is 36.5 Å². The molecule has 0 unspecified atom stereocenters. The fourth-order valence-electron chi connectivity index (χ4n) is 2.01. The van der Waals surface area contributed by atoms with Crippen molar-refractivity contribution in [3.8, 4) is 0 Å². The second-order valence-corrected chi connectivity index (χ2v) is 5.07. The van der Waals surface area contributed by atoms with Gasteiger partial charge in [0.25, 0.3) is 5.91 Å². The number of hydrogen-bond acceptors (Lipinski definition) is 2. The molecule has 0 bridgehead atoms. The minimum absolute atomic E-state index is 0.231. The molecule has 0 aliphatic carbocycles. The number of hydrogen-bond donors (Lipinski definition) is 1. The molecule has 1 N–H and O–H groups in total. The van der Waals surface area contributed by atoms with Crippen LogP contribution in [0.1, 0.15) is 35.0 Å². The summed E-state index contributed by atoms with van der Waals surface area (Å²) in [4.78, 5) is 16.4. The molecule has 0 radical (unpaired) electrons. The molecule has 0 atom stereocenters. The first-order chi connectivity index (χ1) is 9.61. The van der Waals surface area contributed by atoms with E-state index >= 15 is 0 Å². The first-order valence-corrected chi connectivity index (χ1v) is 7.01. The Kier molecular flexibility index (Phi) is 4.74. The summed E-state index contributed by atoms with van der Waals surface area (Å²) in [6.45, 7) is 3.95. The van der Waals surface area contributed by atoms with Crippen molar-refractivity contribution in [3.05, 3.63) is 58.4 Å². The maximum atomic E-state index is 12.3. The predicted molar refractivity (Wildman–Crippen MR) is 82.4 cm³/mol.